The Balaban J connectivity index is -0.0000000630. The zero-order valence-electron chi connectivity index (χ0n) is 36.5. The second-order valence-corrected chi connectivity index (χ2v) is 16.9. The maximum Gasteiger partial charge on any atom is 0.504 e. The fourth-order valence-electron chi connectivity index (χ4n) is 2.20. The van der Waals surface area contributed by atoms with Crippen molar-refractivity contribution in [3.63, 3.8) is 0 Å². The summed E-state index contributed by atoms with van der Waals surface area (Å²) >= 11 is 0. The number of methoxy groups -OCH3 is 7. The molecule has 0 aliphatic rings. The molecule has 5 atom stereocenters. The molecule has 18 nitrogen and oxygen atoms in total. The topological polar surface area (TPSA) is 246 Å². The van der Waals surface area contributed by atoms with Gasteiger partial charge in [-0.25, -0.2) is 0 Å². The second-order valence-electron chi connectivity index (χ2n) is 9.89. The van der Waals surface area contributed by atoms with E-state index in [1.165, 1.54) is 49.8 Å². The first-order chi connectivity index (χ1) is 25.9. The van der Waals surface area contributed by atoms with Crippen molar-refractivity contribution in [1.29, 1.82) is 0 Å². The fraction of sp³-hybridized carbons (Fsp3) is 1.00. The quantitative estimate of drug-likeness (QED) is 0.0555. The maximum atomic E-state index is 11.1. The highest BCUT2D eigenvalue weighted by Gasteiger charge is 2.23. The summed E-state index contributed by atoms with van der Waals surface area (Å²) in [5, 5.41) is 16.1. The average molecular weight is 928 g/mol. The minimum Gasteiger partial charge on any atom is -0.396 e. The van der Waals surface area contributed by atoms with Gasteiger partial charge < -0.3 is 47.9 Å². The third-order valence-corrected chi connectivity index (χ3v) is 7.96. The van der Waals surface area contributed by atoms with Crippen LogP contribution in [0.1, 0.15) is 79.1 Å². The van der Waals surface area contributed by atoms with Crippen LogP contribution in [0.25, 0.3) is 0 Å². The highest BCUT2D eigenvalue weighted by Crippen LogP contribution is 2.42. The van der Waals surface area contributed by atoms with Gasteiger partial charge in [-0.1, -0.05) is 62.5 Å². The highest BCUT2D eigenvalue weighted by atomic mass is 31.2. The molecule has 0 fully saturated rings. The number of hydrogen-bond donors (Lipinski definition) is 3. The van der Waals surface area contributed by atoms with Crippen LogP contribution in [0.4, 0.5) is 0 Å². The Bertz CT molecular complexity index is 738. The van der Waals surface area contributed by atoms with Gasteiger partial charge in [0.15, 0.2) is 6.66 Å². The van der Waals surface area contributed by atoms with Crippen molar-refractivity contribution in [3.8, 4) is 0 Å². The molecule has 0 radical (unpaired) electrons. The minimum atomic E-state index is -2.22. The number of rotatable bonds is 21. The molecule has 0 aliphatic carbocycles. The first-order valence-electron chi connectivity index (χ1n) is 17.1. The SMILES string of the molecule is CCCCO.CCCCO.CCCCO[P+](C)=O.CCCCO[PH+]=O.COC(OC)OC.COC(OC)P(C)(C)=O.COC(OC)[P+](C)=O.C[PH+]=O.O=[PH+]O. The molecule has 24 heteroatoms. The molecule has 0 aromatic heterocycles. The van der Waals surface area contributed by atoms with E-state index in [2.05, 4.69) is 55.9 Å². The van der Waals surface area contributed by atoms with Crippen molar-refractivity contribution in [1.82, 2.24) is 0 Å². The Morgan fingerprint density at radius 3 is 1.07 bits per heavy atom. The molecule has 0 aromatic carbocycles. The van der Waals surface area contributed by atoms with Gasteiger partial charge in [-0.3, -0.25) is 0 Å². The Kier molecular flexibility index (Phi) is 104. The largest absolute Gasteiger partial charge is 0.504 e. The molecule has 55 heavy (non-hydrogen) atoms. The van der Waals surface area contributed by atoms with Gasteiger partial charge in [0.1, 0.15) is 33.7 Å². The molecule has 0 bridgehead atoms. The molecule has 0 saturated heterocycles. The van der Waals surface area contributed by atoms with Crippen molar-refractivity contribution >= 4 is 48.8 Å². The van der Waals surface area contributed by atoms with Crippen LogP contribution in [0.5, 0.6) is 0 Å². The number of ether oxygens (including phenoxy) is 7. The molecule has 0 aliphatic heterocycles. The third-order valence-electron chi connectivity index (χ3n) is 4.64. The number of aliphatic hydroxyl groups excluding tert-OH is 2. The normalized spacial score (nSPS) is 10.4. The fourth-order valence-corrected chi connectivity index (χ4v) is 4.42. The van der Waals surface area contributed by atoms with Gasteiger partial charge in [-0.05, 0) is 52.7 Å². The van der Waals surface area contributed by atoms with Gasteiger partial charge in [0.2, 0.25) is 6.03 Å². The first-order valence-corrected chi connectivity index (χ1v) is 26.3. The van der Waals surface area contributed by atoms with E-state index in [1.807, 2.05) is 0 Å². The van der Waals surface area contributed by atoms with Crippen LogP contribution in [0.2, 0.25) is 0 Å². The Labute approximate surface area is 339 Å². The zero-order valence-corrected chi connectivity index (χ0v) is 42.2. The van der Waals surface area contributed by atoms with Crippen molar-refractivity contribution in [2.75, 3.05) is 110 Å². The van der Waals surface area contributed by atoms with Crippen molar-refractivity contribution in [2.45, 2.75) is 97.6 Å². The molecule has 0 spiro atoms. The van der Waals surface area contributed by atoms with E-state index in [1.54, 1.807) is 33.3 Å². The van der Waals surface area contributed by atoms with E-state index in [0.717, 1.165) is 51.4 Å². The predicted octanol–water partition coefficient (Wildman–Crippen LogP) is 8.45. The Morgan fingerprint density at radius 1 is 0.636 bits per heavy atom. The second kappa shape index (κ2) is 75.1. The summed E-state index contributed by atoms with van der Waals surface area (Å²) in [6.45, 7) is 17.7. The van der Waals surface area contributed by atoms with Crippen LogP contribution in [0.3, 0.4) is 0 Å². The molecule has 5 unspecified atom stereocenters. The Hall–Kier alpha value is 0.250. The van der Waals surface area contributed by atoms with E-state index in [0.29, 0.717) is 26.4 Å². The minimum absolute atomic E-state index is 0.167. The maximum absolute atomic E-state index is 11.1. The van der Waals surface area contributed by atoms with Crippen LogP contribution in [0.15, 0.2) is 0 Å². The lowest BCUT2D eigenvalue weighted by Crippen LogP contribution is -2.14. The van der Waals surface area contributed by atoms with E-state index < -0.39 is 58.9 Å². The molecule has 338 valence electrons. The average Bonchev–Trinajstić information content (AvgIpc) is 3.13. The van der Waals surface area contributed by atoms with E-state index >= 15 is 0 Å². The highest BCUT2D eigenvalue weighted by molar-refractivity contribution is 7.62. The molecule has 0 aromatic rings. The van der Waals surface area contributed by atoms with Gasteiger partial charge in [0.05, 0.1) is 0 Å². The smallest absolute Gasteiger partial charge is 0.396 e. The molecule has 0 rings (SSSR count). The van der Waals surface area contributed by atoms with Crippen molar-refractivity contribution in [2.24, 2.45) is 0 Å². The molecule has 0 saturated carbocycles. The van der Waals surface area contributed by atoms with Gasteiger partial charge in [-0.2, -0.15) is 4.89 Å². The molecule has 3 N–H and O–H groups in total. The lowest BCUT2D eigenvalue weighted by molar-refractivity contribution is -0.252. The molecular weight excluding hydrogens is 846 g/mol. The van der Waals surface area contributed by atoms with Gasteiger partial charge in [-0.15, -0.1) is 9.05 Å². The van der Waals surface area contributed by atoms with Gasteiger partial charge in [0, 0.05) is 63.0 Å². The first kappa shape index (κ1) is 76.0. The molecule has 0 heterocycles. The van der Waals surface area contributed by atoms with Crippen LogP contribution < -0.4 is 0 Å². The summed E-state index contributed by atoms with van der Waals surface area (Å²) < 4.78 is 101. The molecular formula is C31H81O18P6+5. The molecule has 0 amide bonds. The van der Waals surface area contributed by atoms with E-state index in [9.17, 15) is 18.3 Å². The standard InChI is InChI=1S/C5H13O3P.C5H12O2P.C4H10O3P.C4H10O3.C4H10O2P.2C4H10O.CH3OP.HO2P/c1-7-5(8-2)9(3,4)6;1-3-4-5-7-8(2)6;1-6-4(7-2)8(3)5;1-5-4(6-2)7-3;1-2-3-4-6-7-5;2*1-2-3-4-5;2*1-3-2/h5H,1-4H3;3-5H2,1-2H3;4H,1-3H3;4H,1-3H3;7H,2-4H2,1H3;2*5H,2-4H2,1H3;1H3;3H/q;2*+1;;+1;;;;/p+2. The number of hydrogen-bond acceptors (Lipinski definition) is 17. The van der Waals surface area contributed by atoms with Gasteiger partial charge >= 0.3 is 47.7 Å². The zero-order chi connectivity index (χ0) is 45.4. The van der Waals surface area contributed by atoms with E-state index in [4.69, 9.17) is 38.2 Å². The van der Waals surface area contributed by atoms with Crippen molar-refractivity contribution < 1.29 is 84.7 Å². The van der Waals surface area contributed by atoms with Crippen molar-refractivity contribution in [3.05, 3.63) is 0 Å². The lowest BCUT2D eigenvalue weighted by Gasteiger charge is -2.16. The van der Waals surface area contributed by atoms with Crippen LogP contribution in [-0.2, 0) is 69.6 Å². The monoisotopic (exact) mass is 927 g/mol. The van der Waals surface area contributed by atoms with Crippen LogP contribution in [0, 0.1) is 0 Å². The third kappa shape index (κ3) is 107. The summed E-state index contributed by atoms with van der Waals surface area (Å²) in [4.78, 5) is 7.04. The summed E-state index contributed by atoms with van der Waals surface area (Å²) in [7, 11) is 3.56. The summed E-state index contributed by atoms with van der Waals surface area (Å²) in [6, 6.07) is -1.08. The predicted molar refractivity (Wildman–Crippen MR) is 228 cm³/mol. The number of aliphatic hydroxyl groups is 2. The van der Waals surface area contributed by atoms with E-state index in [-0.39, 0.29) is 8.46 Å². The number of unbranched alkanes of at least 4 members (excludes halogenated alkanes) is 4. The summed E-state index contributed by atoms with van der Waals surface area (Å²) in [5.41, 5.74) is 0. The summed E-state index contributed by atoms with van der Waals surface area (Å²) in [6.07, 6.45) is 8.30. The van der Waals surface area contributed by atoms with Gasteiger partial charge in [0.25, 0.3) is 6.48 Å². The summed E-state index contributed by atoms with van der Waals surface area (Å²) in [5.74, 6) is 0. The Morgan fingerprint density at radius 2 is 0.964 bits per heavy atom. The lowest BCUT2D eigenvalue weighted by atomic mass is 10.4. The van der Waals surface area contributed by atoms with Crippen LogP contribution >= 0.6 is 48.8 Å². The van der Waals surface area contributed by atoms with Crippen LogP contribution in [-0.4, -0.2) is 143 Å².